The Balaban J connectivity index is 1.72. The van der Waals surface area contributed by atoms with Crippen molar-refractivity contribution in [1.29, 1.82) is 0 Å². The highest BCUT2D eigenvalue weighted by Gasteiger charge is 2.22. The van der Waals surface area contributed by atoms with Crippen LogP contribution in [0.5, 0.6) is 0 Å². The van der Waals surface area contributed by atoms with Crippen LogP contribution >= 0.6 is 0 Å². The number of hydrogen-bond acceptors (Lipinski definition) is 5. The molecule has 0 bridgehead atoms. The molecule has 18 heavy (non-hydrogen) atoms. The standard InChI is InChI=1S/C13H21N5/c1-10-7-14-4-5-18(8-10)13-6-12(15-9-16-13)17-11-2-3-11/h6,9-11,14H,2-5,7-8H2,1H3,(H,15,16,17). The molecule has 1 saturated carbocycles. The molecule has 0 radical (unpaired) electrons. The van der Waals surface area contributed by atoms with Crippen LogP contribution in [0.2, 0.25) is 0 Å². The molecule has 1 unspecified atom stereocenters. The summed E-state index contributed by atoms with van der Waals surface area (Å²) in [7, 11) is 0. The van der Waals surface area contributed by atoms with Crippen LogP contribution in [0, 0.1) is 5.92 Å². The van der Waals surface area contributed by atoms with E-state index in [1.807, 2.05) is 0 Å². The van der Waals surface area contributed by atoms with Gasteiger partial charge in [-0.1, -0.05) is 6.92 Å². The van der Waals surface area contributed by atoms with Crippen LogP contribution in [-0.4, -0.2) is 42.2 Å². The molecule has 1 saturated heterocycles. The number of hydrogen-bond donors (Lipinski definition) is 2. The Morgan fingerprint density at radius 2 is 2.28 bits per heavy atom. The second-order valence-corrected chi connectivity index (χ2v) is 5.44. The maximum Gasteiger partial charge on any atom is 0.134 e. The highest BCUT2D eigenvalue weighted by molar-refractivity contribution is 5.49. The Labute approximate surface area is 108 Å². The van der Waals surface area contributed by atoms with E-state index in [-0.39, 0.29) is 0 Å². The molecule has 0 spiro atoms. The predicted octanol–water partition coefficient (Wildman–Crippen LogP) is 1.10. The van der Waals surface area contributed by atoms with Crippen LogP contribution in [0.4, 0.5) is 11.6 Å². The van der Waals surface area contributed by atoms with Gasteiger partial charge in [0.15, 0.2) is 0 Å². The fraction of sp³-hybridized carbons (Fsp3) is 0.692. The third-order valence-corrected chi connectivity index (χ3v) is 3.49. The Morgan fingerprint density at radius 1 is 1.39 bits per heavy atom. The summed E-state index contributed by atoms with van der Waals surface area (Å²) in [4.78, 5) is 11.1. The zero-order valence-corrected chi connectivity index (χ0v) is 10.9. The van der Waals surface area contributed by atoms with Crippen LogP contribution < -0.4 is 15.5 Å². The predicted molar refractivity (Wildman–Crippen MR) is 72.9 cm³/mol. The summed E-state index contributed by atoms with van der Waals surface area (Å²) >= 11 is 0. The maximum atomic E-state index is 4.41. The smallest absolute Gasteiger partial charge is 0.134 e. The molecule has 2 aliphatic rings. The summed E-state index contributed by atoms with van der Waals surface area (Å²) in [6.45, 7) is 6.47. The van der Waals surface area contributed by atoms with Crippen LogP contribution in [0.3, 0.4) is 0 Å². The lowest BCUT2D eigenvalue weighted by molar-refractivity contribution is 0.563. The summed E-state index contributed by atoms with van der Waals surface area (Å²) in [6.07, 6.45) is 4.21. The topological polar surface area (TPSA) is 53.1 Å². The lowest BCUT2D eigenvalue weighted by Gasteiger charge is -2.23. The Bertz CT molecular complexity index is 404. The van der Waals surface area contributed by atoms with Crippen molar-refractivity contribution in [3.63, 3.8) is 0 Å². The van der Waals surface area contributed by atoms with Crippen molar-refractivity contribution >= 4 is 11.6 Å². The van der Waals surface area contributed by atoms with E-state index in [2.05, 4.69) is 38.5 Å². The van der Waals surface area contributed by atoms with E-state index in [4.69, 9.17) is 0 Å². The van der Waals surface area contributed by atoms with Crippen molar-refractivity contribution in [3.8, 4) is 0 Å². The third-order valence-electron chi connectivity index (χ3n) is 3.49. The van der Waals surface area contributed by atoms with E-state index in [0.29, 0.717) is 12.0 Å². The third kappa shape index (κ3) is 2.90. The van der Waals surface area contributed by atoms with E-state index in [0.717, 1.165) is 37.8 Å². The molecule has 2 N–H and O–H groups in total. The van der Waals surface area contributed by atoms with Gasteiger partial charge in [0.2, 0.25) is 0 Å². The molecule has 1 aliphatic carbocycles. The zero-order valence-electron chi connectivity index (χ0n) is 10.9. The number of rotatable bonds is 3. The molecular formula is C13H21N5. The van der Waals surface area contributed by atoms with E-state index < -0.39 is 0 Å². The Hall–Kier alpha value is -1.36. The maximum absolute atomic E-state index is 4.41. The number of nitrogens with one attached hydrogen (secondary N) is 2. The van der Waals surface area contributed by atoms with Gasteiger partial charge in [-0.25, -0.2) is 9.97 Å². The molecule has 2 heterocycles. The van der Waals surface area contributed by atoms with Crippen molar-refractivity contribution in [3.05, 3.63) is 12.4 Å². The van der Waals surface area contributed by atoms with Crippen LogP contribution in [0.1, 0.15) is 19.8 Å². The largest absolute Gasteiger partial charge is 0.367 e. The molecule has 1 aliphatic heterocycles. The lowest BCUT2D eigenvalue weighted by Crippen LogP contribution is -2.30. The zero-order chi connectivity index (χ0) is 12.4. The number of anilines is 2. The van der Waals surface area contributed by atoms with Gasteiger partial charge >= 0.3 is 0 Å². The van der Waals surface area contributed by atoms with Gasteiger partial charge in [0.05, 0.1) is 0 Å². The SMILES string of the molecule is CC1CNCCN(c2cc(NC3CC3)ncn2)C1. The van der Waals surface area contributed by atoms with Gasteiger partial charge in [0, 0.05) is 31.7 Å². The Kier molecular flexibility index (Phi) is 3.32. The van der Waals surface area contributed by atoms with Gasteiger partial charge in [-0.05, 0) is 25.3 Å². The van der Waals surface area contributed by atoms with Gasteiger partial charge < -0.3 is 15.5 Å². The van der Waals surface area contributed by atoms with Gasteiger partial charge in [0.1, 0.15) is 18.0 Å². The first-order chi connectivity index (χ1) is 8.81. The minimum Gasteiger partial charge on any atom is -0.367 e. The molecule has 0 aromatic carbocycles. The summed E-state index contributed by atoms with van der Waals surface area (Å²) in [6, 6.07) is 2.72. The second-order valence-electron chi connectivity index (χ2n) is 5.44. The van der Waals surface area contributed by atoms with E-state index in [1.54, 1.807) is 6.33 Å². The van der Waals surface area contributed by atoms with Crippen molar-refractivity contribution in [2.75, 3.05) is 36.4 Å². The minimum atomic E-state index is 0.637. The molecule has 2 fully saturated rings. The molecule has 5 nitrogen and oxygen atoms in total. The van der Waals surface area contributed by atoms with Crippen LogP contribution in [-0.2, 0) is 0 Å². The first kappa shape index (κ1) is 11.7. The number of aromatic nitrogens is 2. The van der Waals surface area contributed by atoms with Gasteiger partial charge in [-0.3, -0.25) is 0 Å². The van der Waals surface area contributed by atoms with E-state index in [9.17, 15) is 0 Å². The molecule has 1 aromatic rings. The van der Waals surface area contributed by atoms with Gasteiger partial charge in [0.25, 0.3) is 0 Å². The van der Waals surface area contributed by atoms with Gasteiger partial charge in [-0.15, -0.1) is 0 Å². The lowest BCUT2D eigenvalue weighted by atomic mass is 10.2. The second kappa shape index (κ2) is 5.10. The summed E-state index contributed by atoms with van der Waals surface area (Å²) in [5.74, 6) is 2.67. The molecule has 5 heteroatoms. The van der Waals surface area contributed by atoms with Crippen molar-refractivity contribution in [2.24, 2.45) is 5.92 Å². The number of nitrogens with zero attached hydrogens (tertiary/aromatic N) is 3. The van der Waals surface area contributed by atoms with E-state index >= 15 is 0 Å². The van der Waals surface area contributed by atoms with Gasteiger partial charge in [-0.2, -0.15) is 0 Å². The average molecular weight is 247 g/mol. The molecule has 3 rings (SSSR count). The molecule has 1 atom stereocenters. The average Bonchev–Trinajstić information content (AvgIpc) is 3.18. The normalized spacial score (nSPS) is 24.7. The van der Waals surface area contributed by atoms with Crippen LogP contribution in [0.25, 0.3) is 0 Å². The van der Waals surface area contributed by atoms with Crippen molar-refractivity contribution in [1.82, 2.24) is 15.3 Å². The first-order valence-corrected chi connectivity index (χ1v) is 6.85. The fourth-order valence-electron chi connectivity index (χ4n) is 2.34. The quantitative estimate of drug-likeness (QED) is 0.837. The molecular weight excluding hydrogens is 226 g/mol. The highest BCUT2D eigenvalue weighted by atomic mass is 15.2. The van der Waals surface area contributed by atoms with Crippen molar-refractivity contribution < 1.29 is 0 Å². The molecule has 1 aromatic heterocycles. The highest BCUT2D eigenvalue weighted by Crippen LogP contribution is 2.25. The van der Waals surface area contributed by atoms with E-state index in [1.165, 1.54) is 12.8 Å². The van der Waals surface area contributed by atoms with Crippen molar-refractivity contribution in [2.45, 2.75) is 25.8 Å². The minimum absolute atomic E-state index is 0.637. The summed E-state index contributed by atoms with van der Waals surface area (Å²) in [5, 5.41) is 6.88. The monoisotopic (exact) mass is 247 g/mol. The summed E-state index contributed by atoms with van der Waals surface area (Å²) in [5.41, 5.74) is 0. The fourth-order valence-corrected chi connectivity index (χ4v) is 2.34. The van der Waals surface area contributed by atoms with Crippen LogP contribution in [0.15, 0.2) is 12.4 Å². The summed E-state index contributed by atoms with van der Waals surface area (Å²) < 4.78 is 0. The Morgan fingerprint density at radius 3 is 3.11 bits per heavy atom. The molecule has 98 valence electrons. The first-order valence-electron chi connectivity index (χ1n) is 6.85. The molecule has 0 amide bonds.